The molecule has 5 rings (SSSR count). The predicted octanol–water partition coefficient (Wildman–Crippen LogP) is 5.27. The number of benzene rings is 2. The lowest BCUT2D eigenvalue weighted by atomic mass is 9.99. The molecular weight excluding hydrogens is 480 g/mol. The molecule has 0 saturated carbocycles. The number of hydrogen-bond donors (Lipinski definition) is 0. The minimum absolute atomic E-state index is 0.00819. The van der Waals surface area contributed by atoms with Crippen LogP contribution in [0.5, 0.6) is 0 Å². The Morgan fingerprint density at radius 2 is 1.84 bits per heavy atom. The van der Waals surface area contributed by atoms with Crippen LogP contribution in [0.4, 0.5) is 5.13 Å². The van der Waals surface area contributed by atoms with Gasteiger partial charge in [-0.1, -0.05) is 51.5 Å². The van der Waals surface area contributed by atoms with Crippen molar-refractivity contribution in [3.05, 3.63) is 90.7 Å². The van der Waals surface area contributed by atoms with E-state index in [4.69, 9.17) is 4.42 Å². The minimum Gasteiger partial charge on any atom is -0.450 e. The highest BCUT2D eigenvalue weighted by Gasteiger charge is 2.45. The van der Waals surface area contributed by atoms with Gasteiger partial charge in [-0.25, -0.2) is 4.98 Å². The van der Waals surface area contributed by atoms with Crippen LogP contribution in [0.25, 0.3) is 11.0 Å². The van der Waals surface area contributed by atoms with Crippen molar-refractivity contribution in [2.75, 3.05) is 4.90 Å². The quantitative estimate of drug-likeness (QED) is 0.362. The average molecular weight is 495 g/mol. The second-order valence-electron chi connectivity index (χ2n) is 7.27. The Morgan fingerprint density at radius 3 is 2.52 bits per heavy atom. The molecule has 0 saturated heterocycles. The standard InChI is InChI=1S/C23H15BrN2O4S/c1-11-21(12(2)27)31-23(25-11)26-18(13-7-9-14(24)10-8-13)17-19(28)15-5-3-4-6-16(15)30-20(17)22(26)29/h3-10,18H,1-2H3/t18-/m1/s1. The Morgan fingerprint density at radius 1 is 1.13 bits per heavy atom. The molecule has 31 heavy (non-hydrogen) atoms. The molecule has 0 unspecified atom stereocenters. The number of fused-ring (bicyclic) bond motifs is 2. The fourth-order valence-electron chi connectivity index (χ4n) is 3.89. The Balaban J connectivity index is 1.80. The fourth-order valence-corrected chi connectivity index (χ4v) is 5.14. The first-order valence-corrected chi connectivity index (χ1v) is 11.1. The van der Waals surface area contributed by atoms with Crippen LogP contribution in [-0.4, -0.2) is 16.7 Å². The largest absolute Gasteiger partial charge is 0.450 e. The van der Waals surface area contributed by atoms with Crippen LogP contribution >= 0.6 is 27.3 Å². The lowest BCUT2D eigenvalue weighted by Crippen LogP contribution is -2.29. The van der Waals surface area contributed by atoms with Gasteiger partial charge in [-0.05, 0) is 36.8 Å². The zero-order chi connectivity index (χ0) is 21.9. The number of anilines is 1. The van der Waals surface area contributed by atoms with Crippen LogP contribution in [0.15, 0.2) is 62.2 Å². The molecule has 1 atom stereocenters. The number of thiazole rings is 1. The van der Waals surface area contributed by atoms with Crippen LogP contribution in [-0.2, 0) is 0 Å². The van der Waals surface area contributed by atoms with Crippen molar-refractivity contribution in [2.24, 2.45) is 0 Å². The molecule has 3 heterocycles. The summed E-state index contributed by atoms with van der Waals surface area (Å²) in [4.78, 5) is 45.4. The maximum atomic E-state index is 13.5. The van der Waals surface area contributed by atoms with Crippen LogP contribution in [0, 0.1) is 6.92 Å². The smallest absolute Gasteiger partial charge is 0.297 e. The molecule has 0 bridgehead atoms. The second kappa shape index (κ2) is 7.25. The summed E-state index contributed by atoms with van der Waals surface area (Å²) in [5, 5.41) is 0.772. The number of Topliss-reactive ketones (excluding diaryl/α,β-unsaturated/α-hetero) is 1. The Labute approximate surface area is 189 Å². The third-order valence-corrected chi connectivity index (χ3v) is 7.06. The normalized spacial score (nSPS) is 15.5. The van der Waals surface area contributed by atoms with Crippen molar-refractivity contribution in [1.82, 2.24) is 4.98 Å². The highest BCUT2D eigenvalue weighted by molar-refractivity contribution is 9.10. The van der Waals surface area contributed by atoms with E-state index in [2.05, 4.69) is 20.9 Å². The van der Waals surface area contributed by atoms with Gasteiger partial charge >= 0.3 is 0 Å². The number of halogens is 1. The number of rotatable bonds is 3. The molecule has 4 aromatic rings. The van der Waals surface area contributed by atoms with Crippen molar-refractivity contribution in [3.63, 3.8) is 0 Å². The maximum absolute atomic E-state index is 13.5. The number of carbonyl (C=O) groups excluding carboxylic acids is 2. The second-order valence-corrected chi connectivity index (χ2v) is 9.16. The monoisotopic (exact) mass is 494 g/mol. The number of ketones is 1. The Hall–Kier alpha value is -3.10. The molecule has 1 aliphatic heterocycles. The highest BCUT2D eigenvalue weighted by Crippen LogP contribution is 2.43. The van der Waals surface area contributed by atoms with Crippen molar-refractivity contribution in [3.8, 4) is 0 Å². The molecule has 2 aromatic carbocycles. The summed E-state index contributed by atoms with van der Waals surface area (Å²) >= 11 is 4.57. The van der Waals surface area contributed by atoms with Gasteiger partial charge in [-0.2, -0.15) is 0 Å². The first-order valence-electron chi connectivity index (χ1n) is 9.50. The molecule has 6 nitrogen and oxygen atoms in total. The van der Waals surface area contributed by atoms with Gasteiger partial charge in [-0.15, -0.1) is 0 Å². The number of nitrogens with zero attached hydrogens (tertiary/aromatic N) is 2. The van der Waals surface area contributed by atoms with Gasteiger partial charge in [0.15, 0.2) is 16.3 Å². The Bertz CT molecular complexity index is 1440. The average Bonchev–Trinajstić information content (AvgIpc) is 3.27. The molecule has 0 spiro atoms. The van der Waals surface area contributed by atoms with Crippen LogP contribution in [0.2, 0.25) is 0 Å². The van der Waals surface area contributed by atoms with Gasteiger partial charge in [-0.3, -0.25) is 19.3 Å². The molecule has 0 aliphatic carbocycles. The van der Waals surface area contributed by atoms with Crippen molar-refractivity contribution >= 4 is 55.1 Å². The Kier molecular flexibility index (Phi) is 4.64. The maximum Gasteiger partial charge on any atom is 0.297 e. The minimum atomic E-state index is -0.707. The fraction of sp³-hybridized carbons (Fsp3) is 0.130. The van der Waals surface area contributed by atoms with Gasteiger partial charge in [0.2, 0.25) is 5.76 Å². The number of hydrogen-bond acceptors (Lipinski definition) is 6. The highest BCUT2D eigenvalue weighted by atomic mass is 79.9. The van der Waals surface area contributed by atoms with Crippen molar-refractivity contribution in [2.45, 2.75) is 19.9 Å². The predicted molar refractivity (Wildman–Crippen MR) is 122 cm³/mol. The van der Waals surface area contributed by atoms with Gasteiger partial charge in [0.1, 0.15) is 5.58 Å². The van der Waals surface area contributed by atoms with E-state index in [9.17, 15) is 14.4 Å². The summed E-state index contributed by atoms with van der Waals surface area (Å²) in [6.45, 7) is 3.20. The number of amides is 1. The van der Waals surface area contributed by atoms with Gasteiger partial charge in [0, 0.05) is 11.4 Å². The molecule has 1 amide bonds. The first kappa shape index (κ1) is 19.8. The molecule has 0 fully saturated rings. The summed E-state index contributed by atoms with van der Waals surface area (Å²) in [5.74, 6) is -0.561. The first-order chi connectivity index (χ1) is 14.9. The topological polar surface area (TPSA) is 80.5 Å². The van der Waals surface area contributed by atoms with Gasteiger partial charge < -0.3 is 4.42 Å². The number of carbonyl (C=O) groups is 2. The van der Waals surface area contributed by atoms with E-state index < -0.39 is 11.9 Å². The summed E-state index contributed by atoms with van der Waals surface area (Å²) in [6, 6.07) is 13.6. The van der Waals surface area contributed by atoms with Gasteiger partial charge in [0.05, 0.1) is 27.6 Å². The lowest BCUT2D eigenvalue weighted by molar-refractivity contribution is 0.0969. The number of aryl methyl sites for hydroxylation is 1. The summed E-state index contributed by atoms with van der Waals surface area (Å²) in [7, 11) is 0. The van der Waals surface area contributed by atoms with Crippen molar-refractivity contribution in [1.29, 1.82) is 0 Å². The molecule has 2 aromatic heterocycles. The molecule has 0 N–H and O–H groups in total. The summed E-state index contributed by atoms with van der Waals surface area (Å²) < 4.78 is 6.80. The van der Waals surface area contributed by atoms with E-state index in [1.165, 1.54) is 11.8 Å². The van der Waals surface area contributed by atoms with Crippen LogP contribution < -0.4 is 10.3 Å². The van der Waals surface area contributed by atoms with E-state index in [1.54, 1.807) is 31.2 Å². The third kappa shape index (κ3) is 3.05. The van der Waals surface area contributed by atoms with Gasteiger partial charge in [0.25, 0.3) is 5.91 Å². The van der Waals surface area contributed by atoms with Crippen LogP contribution in [0.1, 0.15) is 50.0 Å². The van der Waals surface area contributed by atoms with Crippen molar-refractivity contribution < 1.29 is 14.0 Å². The summed E-state index contributed by atoms with van der Waals surface area (Å²) in [6.07, 6.45) is 0. The van der Waals surface area contributed by atoms with E-state index in [0.29, 0.717) is 26.7 Å². The van der Waals surface area contributed by atoms with E-state index in [0.717, 1.165) is 21.4 Å². The zero-order valence-corrected chi connectivity index (χ0v) is 18.9. The molecule has 8 heteroatoms. The SMILES string of the molecule is CC(=O)c1sc(N2C(=O)c3oc4ccccc4c(=O)c3[C@H]2c2ccc(Br)cc2)nc1C. The number of para-hydroxylation sites is 1. The molecular formula is C23H15BrN2O4S. The molecule has 154 valence electrons. The van der Waals surface area contributed by atoms with E-state index >= 15 is 0 Å². The number of aromatic nitrogens is 1. The summed E-state index contributed by atoms with van der Waals surface area (Å²) in [5.41, 5.74) is 1.69. The zero-order valence-electron chi connectivity index (χ0n) is 16.5. The molecule has 0 radical (unpaired) electrons. The van der Waals surface area contributed by atoms with E-state index in [1.807, 2.05) is 24.3 Å². The van der Waals surface area contributed by atoms with Crippen LogP contribution in [0.3, 0.4) is 0 Å². The third-order valence-electron chi connectivity index (χ3n) is 5.27. The van der Waals surface area contributed by atoms with E-state index in [-0.39, 0.29) is 22.5 Å². The molecule has 1 aliphatic rings. The lowest BCUT2D eigenvalue weighted by Gasteiger charge is -2.22.